The van der Waals surface area contributed by atoms with Crippen molar-refractivity contribution >= 4 is 39.5 Å². The van der Waals surface area contributed by atoms with Gasteiger partial charge in [-0.1, -0.05) is 36.0 Å². The number of benzene rings is 3. The van der Waals surface area contributed by atoms with E-state index in [1.807, 2.05) is 18.2 Å². The van der Waals surface area contributed by atoms with Crippen molar-refractivity contribution in [2.24, 2.45) is 0 Å². The summed E-state index contributed by atoms with van der Waals surface area (Å²) in [5.41, 5.74) is 1.19. The van der Waals surface area contributed by atoms with E-state index in [0.717, 1.165) is 0 Å². The Bertz CT molecular complexity index is 1750. The summed E-state index contributed by atoms with van der Waals surface area (Å²) in [7, 11) is 2.83. The summed E-state index contributed by atoms with van der Waals surface area (Å²) in [5.74, 6) is 0.587. The number of ether oxygens (including phenoxy) is 2. The zero-order chi connectivity index (χ0) is 25.2. The van der Waals surface area contributed by atoms with Gasteiger partial charge in [-0.05, 0) is 42.5 Å². The second kappa shape index (κ2) is 9.67. The monoisotopic (exact) mass is 500 g/mol. The number of rotatable bonds is 6. The van der Waals surface area contributed by atoms with Crippen molar-refractivity contribution in [3.8, 4) is 11.4 Å². The Morgan fingerprint density at radius 2 is 1.72 bits per heavy atom. The van der Waals surface area contributed by atoms with Crippen molar-refractivity contribution in [2.45, 2.75) is 10.9 Å². The Morgan fingerprint density at radius 3 is 2.53 bits per heavy atom. The fourth-order valence-corrected chi connectivity index (χ4v) is 4.75. The van der Waals surface area contributed by atoms with Gasteiger partial charge in [-0.2, -0.15) is 0 Å². The van der Waals surface area contributed by atoms with Crippen molar-refractivity contribution in [1.82, 2.24) is 19.5 Å². The average molecular weight is 501 g/mol. The van der Waals surface area contributed by atoms with E-state index in [1.54, 1.807) is 30.3 Å². The number of carbonyl (C=O) groups excluding carboxylic acids is 1. The minimum atomic E-state index is -0.518. The Labute approximate surface area is 208 Å². The van der Waals surface area contributed by atoms with Crippen LogP contribution in [0.15, 0.2) is 81.5 Å². The summed E-state index contributed by atoms with van der Waals surface area (Å²) in [6.07, 6.45) is 0. The number of aromatic nitrogens is 4. The maximum absolute atomic E-state index is 13.5. The van der Waals surface area contributed by atoms with Gasteiger partial charge in [0.1, 0.15) is 11.6 Å². The maximum atomic E-state index is 13.5. The van der Waals surface area contributed by atoms with Crippen molar-refractivity contribution < 1.29 is 14.3 Å². The second-order valence-electron chi connectivity index (χ2n) is 7.75. The molecule has 0 unspecified atom stereocenters. The first kappa shape index (κ1) is 23.3. The first-order valence-corrected chi connectivity index (χ1v) is 11.9. The third-order valence-corrected chi connectivity index (χ3v) is 6.54. The molecule has 10 heteroatoms. The summed E-state index contributed by atoms with van der Waals surface area (Å²) >= 11 is 1.25. The number of esters is 1. The van der Waals surface area contributed by atoms with Gasteiger partial charge >= 0.3 is 5.97 Å². The molecular formula is C26H20N4O5S. The number of carbonyl (C=O) groups is 1. The molecule has 3 aromatic carbocycles. The molecule has 180 valence electrons. The minimum Gasteiger partial charge on any atom is -0.495 e. The molecule has 0 aliphatic rings. The summed E-state index contributed by atoms with van der Waals surface area (Å²) < 4.78 is 11.8. The van der Waals surface area contributed by atoms with Crippen LogP contribution in [-0.4, -0.2) is 39.7 Å². The number of para-hydroxylation sites is 3. The van der Waals surface area contributed by atoms with E-state index in [1.165, 1.54) is 48.7 Å². The van der Waals surface area contributed by atoms with Gasteiger partial charge in [-0.25, -0.2) is 14.8 Å². The molecule has 0 saturated carbocycles. The SMILES string of the molecule is COC(=O)c1ccc2c(=O)[nH]c(CSc3nc4ccccc4c(=O)n3-c3ccccc3OC)nc2c1. The van der Waals surface area contributed by atoms with E-state index in [0.29, 0.717) is 49.8 Å². The molecule has 0 spiro atoms. The van der Waals surface area contributed by atoms with E-state index in [-0.39, 0.29) is 16.9 Å². The number of hydrogen-bond donors (Lipinski definition) is 1. The van der Waals surface area contributed by atoms with Gasteiger partial charge in [0.2, 0.25) is 0 Å². The average Bonchev–Trinajstić information content (AvgIpc) is 2.91. The Balaban J connectivity index is 1.60. The summed E-state index contributed by atoms with van der Waals surface area (Å²) in [6.45, 7) is 0. The van der Waals surface area contributed by atoms with Crippen LogP contribution in [0.5, 0.6) is 5.75 Å². The first-order valence-electron chi connectivity index (χ1n) is 10.9. The Morgan fingerprint density at radius 1 is 0.944 bits per heavy atom. The van der Waals surface area contributed by atoms with Gasteiger partial charge in [-0.15, -0.1) is 0 Å². The molecule has 5 aromatic rings. The minimum absolute atomic E-state index is 0.216. The predicted octanol–water partition coefficient (Wildman–Crippen LogP) is 3.71. The highest BCUT2D eigenvalue weighted by Crippen LogP contribution is 2.28. The number of methoxy groups -OCH3 is 2. The molecule has 0 radical (unpaired) electrons. The van der Waals surface area contributed by atoms with Gasteiger partial charge in [0.25, 0.3) is 11.1 Å². The summed E-state index contributed by atoms with van der Waals surface area (Å²) in [5, 5.41) is 1.24. The molecule has 5 rings (SSSR count). The molecule has 0 saturated heterocycles. The molecule has 0 fully saturated rings. The van der Waals surface area contributed by atoms with E-state index < -0.39 is 5.97 Å². The smallest absolute Gasteiger partial charge is 0.337 e. The molecule has 0 bridgehead atoms. The van der Waals surface area contributed by atoms with Crippen LogP contribution in [-0.2, 0) is 10.5 Å². The molecule has 0 atom stereocenters. The van der Waals surface area contributed by atoms with Crippen LogP contribution in [0.4, 0.5) is 0 Å². The number of aromatic amines is 1. The van der Waals surface area contributed by atoms with Crippen molar-refractivity contribution in [1.29, 1.82) is 0 Å². The largest absolute Gasteiger partial charge is 0.495 e. The number of H-pyrrole nitrogens is 1. The highest BCUT2D eigenvalue weighted by Gasteiger charge is 2.17. The standard InChI is InChI=1S/C26H20N4O5S/c1-34-21-10-6-5-9-20(21)30-24(32)17-7-3-4-8-18(17)28-26(30)36-14-22-27-19-13-15(25(33)35-2)11-12-16(19)23(31)29-22/h3-13H,14H2,1-2H3,(H,27,29,31). The second-order valence-corrected chi connectivity index (χ2v) is 8.69. The Hall–Kier alpha value is -4.44. The fourth-order valence-electron chi connectivity index (χ4n) is 3.87. The number of nitrogens with one attached hydrogen (secondary N) is 1. The van der Waals surface area contributed by atoms with E-state index in [4.69, 9.17) is 14.5 Å². The van der Waals surface area contributed by atoms with Crippen molar-refractivity contribution in [2.75, 3.05) is 14.2 Å². The van der Waals surface area contributed by atoms with Gasteiger partial charge in [-0.3, -0.25) is 14.2 Å². The fraction of sp³-hybridized carbons (Fsp3) is 0.115. The van der Waals surface area contributed by atoms with Crippen molar-refractivity contribution in [3.63, 3.8) is 0 Å². The highest BCUT2D eigenvalue weighted by molar-refractivity contribution is 7.98. The summed E-state index contributed by atoms with van der Waals surface area (Å²) in [6, 6.07) is 18.9. The maximum Gasteiger partial charge on any atom is 0.337 e. The molecule has 1 N–H and O–H groups in total. The quantitative estimate of drug-likeness (QED) is 0.213. The van der Waals surface area contributed by atoms with Crippen molar-refractivity contribution in [3.05, 3.63) is 98.8 Å². The number of fused-ring (bicyclic) bond motifs is 2. The molecule has 2 heterocycles. The molecular weight excluding hydrogens is 480 g/mol. The van der Waals surface area contributed by atoms with E-state index in [2.05, 4.69) is 9.97 Å². The lowest BCUT2D eigenvalue weighted by Crippen LogP contribution is -2.22. The third kappa shape index (κ3) is 4.22. The van der Waals surface area contributed by atoms with Gasteiger partial charge in [0.05, 0.1) is 53.0 Å². The highest BCUT2D eigenvalue weighted by atomic mass is 32.2. The van der Waals surface area contributed by atoms with Gasteiger partial charge in [0, 0.05) is 0 Å². The number of nitrogens with zero attached hydrogens (tertiary/aromatic N) is 3. The molecule has 0 aliphatic heterocycles. The van der Waals surface area contributed by atoms with Crippen LogP contribution in [0.1, 0.15) is 16.2 Å². The normalized spacial score (nSPS) is 11.1. The van der Waals surface area contributed by atoms with Crippen LogP contribution in [0.25, 0.3) is 27.5 Å². The van der Waals surface area contributed by atoms with E-state index in [9.17, 15) is 14.4 Å². The Kier molecular flexibility index (Phi) is 6.26. The molecule has 0 amide bonds. The van der Waals surface area contributed by atoms with Crippen LogP contribution in [0.2, 0.25) is 0 Å². The lowest BCUT2D eigenvalue weighted by molar-refractivity contribution is 0.0601. The van der Waals surface area contributed by atoms with Crippen LogP contribution in [0.3, 0.4) is 0 Å². The topological polar surface area (TPSA) is 116 Å². The number of hydrogen-bond acceptors (Lipinski definition) is 8. The van der Waals surface area contributed by atoms with Gasteiger partial charge in [0.15, 0.2) is 5.16 Å². The molecule has 9 nitrogen and oxygen atoms in total. The zero-order valence-electron chi connectivity index (χ0n) is 19.3. The lowest BCUT2D eigenvalue weighted by atomic mass is 10.1. The lowest BCUT2D eigenvalue weighted by Gasteiger charge is -2.15. The number of thioether (sulfide) groups is 1. The van der Waals surface area contributed by atoms with Crippen LogP contribution in [0, 0.1) is 0 Å². The first-order chi connectivity index (χ1) is 17.5. The van der Waals surface area contributed by atoms with Crippen LogP contribution < -0.4 is 15.9 Å². The predicted molar refractivity (Wildman–Crippen MR) is 137 cm³/mol. The third-order valence-electron chi connectivity index (χ3n) is 5.59. The van der Waals surface area contributed by atoms with Gasteiger partial charge < -0.3 is 14.5 Å². The van der Waals surface area contributed by atoms with Crippen LogP contribution >= 0.6 is 11.8 Å². The summed E-state index contributed by atoms with van der Waals surface area (Å²) in [4.78, 5) is 50.1. The molecule has 0 aliphatic carbocycles. The zero-order valence-corrected chi connectivity index (χ0v) is 20.2. The molecule has 2 aromatic heterocycles. The molecule has 36 heavy (non-hydrogen) atoms. The van der Waals surface area contributed by atoms with E-state index >= 15 is 0 Å².